The second-order valence-electron chi connectivity index (χ2n) is 9.24. The minimum absolute atomic E-state index is 0.124. The number of hydrogen-bond donors (Lipinski definition) is 0. The first-order valence-electron chi connectivity index (χ1n) is 13.2. The summed E-state index contributed by atoms with van der Waals surface area (Å²) in [5.74, 6) is 1.78. The van der Waals surface area contributed by atoms with E-state index in [1.807, 2.05) is 91.9 Å². The van der Waals surface area contributed by atoms with Crippen molar-refractivity contribution in [2.45, 2.75) is 20.1 Å². The van der Waals surface area contributed by atoms with Crippen LogP contribution in [-0.2, 0) is 17.9 Å². The third-order valence-electron chi connectivity index (χ3n) is 6.33. The fourth-order valence-electron chi connectivity index (χ4n) is 4.20. The van der Waals surface area contributed by atoms with Crippen molar-refractivity contribution in [3.8, 4) is 17.2 Å². The van der Waals surface area contributed by atoms with Gasteiger partial charge in [-0.2, -0.15) is 0 Å². The monoisotopic (exact) mass is 618 g/mol. The second kappa shape index (κ2) is 13.8. The number of thioether (sulfide) groups is 1. The van der Waals surface area contributed by atoms with Crippen molar-refractivity contribution >= 4 is 57.8 Å². The molecule has 1 aliphatic rings. The lowest BCUT2D eigenvalue weighted by Crippen LogP contribution is -2.28. The van der Waals surface area contributed by atoms with Crippen molar-refractivity contribution in [1.29, 1.82) is 0 Å². The molecule has 0 N–H and O–H groups in total. The number of aliphatic imine (C=N–C) groups is 1. The highest BCUT2D eigenvalue weighted by Gasteiger charge is 2.33. The van der Waals surface area contributed by atoms with E-state index in [1.165, 1.54) is 11.8 Å². The fraction of sp³-hybridized carbons (Fsp3) is 0.152. The Bertz CT molecular complexity index is 1630. The molecule has 0 aromatic heterocycles. The van der Waals surface area contributed by atoms with Crippen LogP contribution in [0.2, 0.25) is 10.0 Å². The predicted molar refractivity (Wildman–Crippen MR) is 171 cm³/mol. The molecule has 1 fully saturated rings. The molecule has 9 heteroatoms. The van der Waals surface area contributed by atoms with Crippen molar-refractivity contribution in [1.82, 2.24) is 4.90 Å². The smallest absolute Gasteiger partial charge is 0.267 e. The molecular formula is C33H28Cl2N2O4S. The fourth-order valence-corrected chi connectivity index (χ4v) is 5.67. The Kier molecular flexibility index (Phi) is 9.74. The number of carbonyl (C=O) groups is 1. The van der Waals surface area contributed by atoms with Crippen molar-refractivity contribution in [2.24, 2.45) is 4.99 Å². The zero-order chi connectivity index (χ0) is 29.5. The van der Waals surface area contributed by atoms with Gasteiger partial charge in [0.05, 0.1) is 30.9 Å². The van der Waals surface area contributed by atoms with Crippen LogP contribution in [0.5, 0.6) is 17.2 Å². The Balaban J connectivity index is 1.41. The highest BCUT2D eigenvalue weighted by Crippen LogP contribution is 2.37. The van der Waals surface area contributed by atoms with E-state index in [-0.39, 0.29) is 12.5 Å². The maximum absolute atomic E-state index is 13.7. The Morgan fingerprint density at radius 2 is 1.69 bits per heavy atom. The summed E-state index contributed by atoms with van der Waals surface area (Å²) in [5.41, 5.74) is 3.35. The van der Waals surface area contributed by atoms with Crippen molar-refractivity contribution in [3.63, 3.8) is 0 Å². The van der Waals surface area contributed by atoms with Crippen LogP contribution in [0.3, 0.4) is 0 Å². The second-order valence-corrected chi connectivity index (χ2v) is 11.1. The van der Waals surface area contributed by atoms with Gasteiger partial charge in [0, 0.05) is 15.6 Å². The highest BCUT2D eigenvalue weighted by atomic mass is 35.5. The van der Waals surface area contributed by atoms with Gasteiger partial charge in [0.15, 0.2) is 16.7 Å². The molecule has 0 bridgehead atoms. The normalized spacial score (nSPS) is 15.0. The first-order valence-corrected chi connectivity index (χ1v) is 14.8. The molecule has 42 heavy (non-hydrogen) atoms. The minimum atomic E-state index is -0.124. The molecule has 0 saturated carbocycles. The van der Waals surface area contributed by atoms with Crippen molar-refractivity contribution in [2.75, 3.05) is 13.7 Å². The Hall–Kier alpha value is -3.91. The maximum atomic E-state index is 13.7. The topological polar surface area (TPSA) is 60.4 Å². The van der Waals surface area contributed by atoms with E-state index in [2.05, 4.69) is 0 Å². The van der Waals surface area contributed by atoms with Crippen LogP contribution in [0.25, 0.3) is 6.08 Å². The number of hydrogen-bond acceptors (Lipinski definition) is 6. The molecule has 4 aromatic rings. The molecule has 0 radical (unpaired) electrons. The number of rotatable bonds is 10. The number of para-hydroxylation sites is 1. The van der Waals surface area contributed by atoms with E-state index in [0.717, 1.165) is 28.1 Å². The van der Waals surface area contributed by atoms with E-state index in [0.29, 0.717) is 44.8 Å². The molecule has 6 nitrogen and oxygen atoms in total. The van der Waals surface area contributed by atoms with E-state index in [4.69, 9.17) is 42.4 Å². The van der Waals surface area contributed by atoms with E-state index in [1.54, 1.807) is 24.1 Å². The van der Waals surface area contributed by atoms with Crippen LogP contribution < -0.4 is 14.2 Å². The molecule has 1 amide bonds. The van der Waals surface area contributed by atoms with Gasteiger partial charge >= 0.3 is 0 Å². The average molecular weight is 620 g/mol. The van der Waals surface area contributed by atoms with Crippen molar-refractivity contribution < 1.29 is 19.0 Å². The number of benzene rings is 4. The largest absolute Gasteiger partial charge is 0.497 e. The summed E-state index contributed by atoms with van der Waals surface area (Å²) < 4.78 is 17.2. The molecule has 214 valence electrons. The maximum Gasteiger partial charge on any atom is 0.267 e. The third kappa shape index (κ3) is 7.29. The molecule has 0 aliphatic carbocycles. The van der Waals surface area contributed by atoms with E-state index in [9.17, 15) is 4.79 Å². The summed E-state index contributed by atoms with van der Waals surface area (Å²) >= 11 is 13.7. The quantitative estimate of drug-likeness (QED) is 0.166. The summed E-state index contributed by atoms with van der Waals surface area (Å²) in [6.45, 7) is 2.99. The van der Waals surface area contributed by atoms with Gasteiger partial charge in [0.2, 0.25) is 0 Å². The van der Waals surface area contributed by atoms with Gasteiger partial charge in [-0.3, -0.25) is 9.69 Å². The summed E-state index contributed by atoms with van der Waals surface area (Å²) in [7, 11) is 1.63. The molecular weight excluding hydrogens is 591 g/mol. The van der Waals surface area contributed by atoms with E-state index < -0.39 is 0 Å². The lowest BCUT2D eigenvalue weighted by molar-refractivity contribution is -0.122. The Morgan fingerprint density at radius 1 is 0.905 bits per heavy atom. The summed E-state index contributed by atoms with van der Waals surface area (Å²) in [5, 5.41) is 1.71. The number of ether oxygens (including phenoxy) is 3. The van der Waals surface area contributed by atoms with Gasteiger partial charge in [-0.1, -0.05) is 65.7 Å². The molecule has 0 unspecified atom stereocenters. The first kappa shape index (κ1) is 29.6. The van der Waals surface area contributed by atoms with Crippen LogP contribution in [0.15, 0.2) is 101 Å². The first-order chi connectivity index (χ1) is 20.4. The number of nitrogens with zero attached hydrogens (tertiary/aromatic N) is 2. The molecule has 1 saturated heterocycles. The summed E-state index contributed by atoms with van der Waals surface area (Å²) in [6.07, 6.45) is 1.85. The number of carbonyl (C=O) groups excluding carboxylic acids is 1. The van der Waals surface area contributed by atoms with Crippen LogP contribution in [0.1, 0.15) is 23.6 Å². The van der Waals surface area contributed by atoms with Crippen LogP contribution in [-0.4, -0.2) is 29.7 Å². The zero-order valence-electron chi connectivity index (χ0n) is 23.1. The van der Waals surface area contributed by atoms with Gasteiger partial charge in [-0.15, -0.1) is 0 Å². The minimum Gasteiger partial charge on any atom is -0.497 e. The van der Waals surface area contributed by atoms with Gasteiger partial charge in [0.25, 0.3) is 5.91 Å². The average Bonchev–Trinajstić information content (AvgIpc) is 3.27. The van der Waals surface area contributed by atoms with Gasteiger partial charge in [-0.05, 0) is 84.4 Å². The standard InChI is InChI=1S/C33H28Cl2N2O4S/c1-3-40-30-17-23(11-16-29(30)41-21-24-12-13-25(34)19-28(24)35)18-31-32(38)37(20-22-9-14-27(39-2)15-10-22)33(42-31)36-26-7-5-4-6-8-26/h4-19H,3,20-21H2,1-2H3/b31-18-,36-33?. The summed E-state index contributed by atoms with van der Waals surface area (Å²) in [4.78, 5) is 20.7. The third-order valence-corrected chi connectivity index (χ3v) is 7.93. The highest BCUT2D eigenvalue weighted by molar-refractivity contribution is 8.18. The van der Waals surface area contributed by atoms with Gasteiger partial charge in [-0.25, -0.2) is 4.99 Å². The van der Waals surface area contributed by atoms with Crippen LogP contribution >= 0.6 is 35.0 Å². The van der Waals surface area contributed by atoms with Crippen LogP contribution in [0.4, 0.5) is 5.69 Å². The lowest BCUT2D eigenvalue weighted by Gasteiger charge is -2.16. The Morgan fingerprint density at radius 3 is 2.40 bits per heavy atom. The van der Waals surface area contributed by atoms with Crippen molar-refractivity contribution in [3.05, 3.63) is 123 Å². The molecule has 5 rings (SSSR count). The molecule has 1 heterocycles. The number of amides is 1. The molecule has 1 aliphatic heterocycles. The molecule has 0 spiro atoms. The SMILES string of the molecule is CCOc1cc(/C=C2\SC(=Nc3ccccc3)N(Cc3ccc(OC)cc3)C2=O)ccc1OCc1ccc(Cl)cc1Cl. The predicted octanol–water partition coefficient (Wildman–Crippen LogP) is 8.78. The number of halogens is 2. The lowest BCUT2D eigenvalue weighted by atomic mass is 10.1. The Labute approximate surface area is 259 Å². The van der Waals surface area contributed by atoms with Gasteiger partial charge < -0.3 is 14.2 Å². The van der Waals surface area contributed by atoms with Gasteiger partial charge in [0.1, 0.15) is 12.4 Å². The van der Waals surface area contributed by atoms with E-state index >= 15 is 0 Å². The zero-order valence-corrected chi connectivity index (χ0v) is 25.4. The number of methoxy groups -OCH3 is 1. The van der Waals surface area contributed by atoms with Crippen LogP contribution in [0, 0.1) is 0 Å². The number of amidine groups is 1. The molecule has 4 aromatic carbocycles. The molecule has 0 atom stereocenters. The summed E-state index contributed by atoms with van der Waals surface area (Å²) in [6, 6.07) is 28.1.